The van der Waals surface area contributed by atoms with Crippen LogP contribution < -0.4 is 0 Å². The van der Waals surface area contributed by atoms with Crippen molar-refractivity contribution in [3.05, 3.63) is 71.3 Å². The van der Waals surface area contributed by atoms with Gasteiger partial charge >= 0.3 is 0 Å². The Morgan fingerprint density at radius 3 is 2.06 bits per heavy atom. The minimum absolute atomic E-state index is 0.921. The molecule has 0 aliphatic heterocycles. The summed E-state index contributed by atoms with van der Waals surface area (Å²) in [6.07, 6.45) is 0. The van der Waals surface area contributed by atoms with Gasteiger partial charge in [-0.15, -0.1) is 0 Å². The monoisotopic (exact) mass is 212 g/mol. The molecule has 1 N–H and O–H groups in total. The van der Waals surface area contributed by atoms with Crippen LogP contribution in [0.2, 0.25) is 0 Å². The minimum atomic E-state index is -0.924. The second-order valence-electron chi connectivity index (χ2n) is 4.25. The third kappa shape index (κ3) is 1.86. The highest BCUT2D eigenvalue weighted by atomic mass is 16.3. The topological polar surface area (TPSA) is 20.2 Å². The van der Waals surface area contributed by atoms with Gasteiger partial charge in [0.05, 0.1) is 0 Å². The molecule has 0 aliphatic carbocycles. The summed E-state index contributed by atoms with van der Waals surface area (Å²) in [5.41, 5.74) is 2.06. The van der Waals surface area contributed by atoms with Crippen LogP contribution in [0.3, 0.4) is 0 Å². The maximum atomic E-state index is 10.6. The van der Waals surface area contributed by atoms with Gasteiger partial charge in [-0.2, -0.15) is 0 Å². The van der Waals surface area contributed by atoms with E-state index in [1.807, 2.05) is 68.4 Å². The third-order valence-corrected chi connectivity index (χ3v) is 3.01. The Hall–Kier alpha value is -1.60. The van der Waals surface area contributed by atoms with Crippen molar-refractivity contribution in [2.24, 2.45) is 0 Å². The van der Waals surface area contributed by atoms with Gasteiger partial charge in [-0.3, -0.25) is 0 Å². The Morgan fingerprint density at radius 2 is 1.44 bits per heavy atom. The normalized spacial score (nSPS) is 14.4. The average Bonchev–Trinajstić information content (AvgIpc) is 2.30. The fraction of sp³-hybridized carbons (Fsp3) is 0.200. The predicted molar refractivity (Wildman–Crippen MR) is 66.3 cm³/mol. The van der Waals surface area contributed by atoms with Crippen molar-refractivity contribution in [3.8, 4) is 0 Å². The average molecular weight is 212 g/mol. The van der Waals surface area contributed by atoms with Crippen molar-refractivity contribution in [1.29, 1.82) is 0 Å². The Kier molecular flexibility index (Phi) is 2.80. The van der Waals surface area contributed by atoms with Crippen LogP contribution in [0.1, 0.15) is 23.6 Å². The van der Waals surface area contributed by atoms with Gasteiger partial charge in [0.2, 0.25) is 0 Å². The molecule has 0 amide bonds. The van der Waals surface area contributed by atoms with Crippen molar-refractivity contribution in [3.63, 3.8) is 0 Å². The fourth-order valence-corrected chi connectivity index (χ4v) is 2.04. The molecule has 0 fully saturated rings. The SMILES string of the molecule is Cc1ccccc1C(C)(O)c1ccccc1. The Labute approximate surface area is 96.4 Å². The number of rotatable bonds is 2. The second-order valence-corrected chi connectivity index (χ2v) is 4.25. The van der Waals surface area contributed by atoms with Crippen LogP contribution in [0.4, 0.5) is 0 Å². The lowest BCUT2D eigenvalue weighted by atomic mass is 9.86. The summed E-state index contributed by atoms with van der Waals surface area (Å²) in [6.45, 7) is 3.86. The van der Waals surface area contributed by atoms with Crippen LogP contribution in [0, 0.1) is 6.92 Å². The lowest BCUT2D eigenvalue weighted by Gasteiger charge is -2.26. The van der Waals surface area contributed by atoms with Crippen LogP contribution in [-0.2, 0) is 5.60 Å². The molecular weight excluding hydrogens is 196 g/mol. The first-order chi connectivity index (χ1) is 7.62. The number of hydrogen-bond acceptors (Lipinski definition) is 1. The first-order valence-electron chi connectivity index (χ1n) is 5.46. The summed E-state index contributed by atoms with van der Waals surface area (Å²) in [5.74, 6) is 0. The van der Waals surface area contributed by atoms with E-state index in [2.05, 4.69) is 0 Å². The largest absolute Gasteiger partial charge is 0.381 e. The van der Waals surface area contributed by atoms with Crippen molar-refractivity contribution in [1.82, 2.24) is 0 Å². The van der Waals surface area contributed by atoms with Gasteiger partial charge in [0, 0.05) is 0 Å². The maximum absolute atomic E-state index is 10.6. The van der Waals surface area contributed by atoms with Gasteiger partial charge in [-0.1, -0.05) is 54.6 Å². The summed E-state index contributed by atoms with van der Waals surface area (Å²) in [4.78, 5) is 0. The molecule has 0 spiro atoms. The molecule has 1 unspecified atom stereocenters. The lowest BCUT2D eigenvalue weighted by Crippen LogP contribution is -2.23. The van der Waals surface area contributed by atoms with Crippen LogP contribution >= 0.6 is 0 Å². The van der Waals surface area contributed by atoms with E-state index in [9.17, 15) is 5.11 Å². The molecule has 1 heteroatoms. The van der Waals surface area contributed by atoms with E-state index in [0.717, 1.165) is 16.7 Å². The van der Waals surface area contributed by atoms with E-state index >= 15 is 0 Å². The van der Waals surface area contributed by atoms with Crippen LogP contribution in [0.5, 0.6) is 0 Å². The smallest absolute Gasteiger partial charge is 0.112 e. The number of aryl methyl sites for hydroxylation is 1. The summed E-state index contributed by atoms with van der Waals surface area (Å²) in [6, 6.07) is 17.7. The second kappa shape index (κ2) is 4.11. The molecule has 1 atom stereocenters. The van der Waals surface area contributed by atoms with Crippen LogP contribution in [0.25, 0.3) is 0 Å². The summed E-state index contributed by atoms with van der Waals surface area (Å²) in [7, 11) is 0. The van der Waals surface area contributed by atoms with Crippen LogP contribution in [-0.4, -0.2) is 5.11 Å². The minimum Gasteiger partial charge on any atom is -0.381 e. The van der Waals surface area contributed by atoms with Gasteiger partial charge in [0.1, 0.15) is 5.60 Å². The quantitative estimate of drug-likeness (QED) is 0.810. The highest BCUT2D eigenvalue weighted by molar-refractivity contribution is 5.39. The molecule has 0 aromatic heterocycles. The zero-order valence-corrected chi connectivity index (χ0v) is 9.64. The molecule has 0 heterocycles. The number of benzene rings is 2. The predicted octanol–water partition coefficient (Wildman–Crippen LogP) is 3.25. The van der Waals surface area contributed by atoms with Crippen molar-refractivity contribution in [2.45, 2.75) is 19.4 Å². The molecule has 0 bridgehead atoms. The molecule has 0 radical (unpaired) electrons. The van der Waals surface area contributed by atoms with Gasteiger partial charge in [-0.25, -0.2) is 0 Å². The number of hydrogen-bond donors (Lipinski definition) is 1. The molecule has 82 valence electrons. The fourth-order valence-electron chi connectivity index (χ4n) is 2.04. The molecule has 0 aliphatic rings. The zero-order valence-electron chi connectivity index (χ0n) is 9.64. The highest BCUT2D eigenvalue weighted by Gasteiger charge is 2.26. The van der Waals surface area contributed by atoms with Crippen molar-refractivity contribution >= 4 is 0 Å². The van der Waals surface area contributed by atoms with E-state index in [0.29, 0.717) is 0 Å². The highest BCUT2D eigenvalue weighted by Crippen LogP contribution is 2.30. The molecule has 0 saturated carbocycles. The molecule has 2 rings (SSSR count). The third-order valence-electron chi connectivity index (χ3n) is 3.01. The van der Waals surface area contributed by atoms with Gasteiger partial charge < -0.3 is 5.11 Å². The van der Waals surface area contributed by atoms with E-state index in [1.165, 1.54) is 0 Å². The van der Waals surface area contributed by atoms with Crippen molar-refractivity contribution in [2.75, 3.05) is 0 Å². The maximum Gasteiger partial charge on any atom is 0.112 e. The molecule has 1 nitrogen and oxygen atoms in total. The Bertz CT molecular complexity index is 472. The summed E-state index contributed by atoms with van der Waals surface area (Å²) in [5, 5.41) is 10.6. The summed E-state index contributed by atoms with van der Waals surface area (Å²) >= 11 is 0. The van der Waals surface area contributed by atoms with Gasteiger partial charge in [0.25, 0.3) is 0 Å². The lowest BCUT2D eigenvalue weighted by molar-refractivity contribution is 0.102. The number of aliphatic hydroxyl groups is 1. The standard InChI is InChI=1S/C15H16O/c1-12-8-6-7-11-14(12)15(2,16)13-9-4-3-5-10-13/h3-11,16H,1-2H3. The van der Waals surface area contributed by atoms with E-state index in [-0.39, 0.29) is 0 Å². The van der Waals surface area contributed by atoms with Gasteiger partial charge in [-0.05, 0) is 30.5 Å². The van der Waals surface area contributed by atoms with E-state index in [1.54, 1.807) is 0 Å². The van der Waals surface area contributed by atoms with Gasteiger partial charge in [0.15, 0.2) is 0 Å². The van der Waals surface area contributed by atoms with E-state index < -0.39 is 5.60 Å². The molecular formula is C15H16O. The molecule has 2 aromatic carbocycles. The first-order valence-corrected chi connectivity index (χ1v) is 5.46. The zero-order chi connectivity index (χ0) is 11.6. The molecule has 2 aromatic rings. The Morgan fingerprint density at radius 1 is 0.875 bits per heavy atom. The van der Waals surface area contributed by atoms with E-state index in [4.69, 9.17) is 0 Å². The van der Waals surface area contributed by atoms with Crippen LogP contribution in [0.15, 0.2) is 54.6 Å². The Balaban J connectivity index is 2.51. The molecule has 0 saturated heterocycles. The molecule has 16 heavy (non-hydrogen) atoms. The first kappa shape index (κ1) is 10.9. The summed E-state index contributed by atoms with van der Waals surface area (Å²) < 4.78 is 0. The van der Waals surface area contributed by atoms with Crippen molar-refractivity contribution < 1.29 is 5.11 Å².